The van der Waals surface area contributed by atoms with Crippen molar-refractivity contribution in [1.82, 2.24) is 0 Å². The number of halogens is 1. The van der Waals surface area contributed by atoms with Crippen molar-refractivity contribution in [3.8, 4) is 0 Å². The van der Waals surface area contributed by atoms with Gasteiger partial charge in [-0.1, -0.05) is 63.9 Å². The molecular weight excluding hydrogens is 242 g/mol. The van der Waals surface area contributed by atoms with E-state index in [-0.39, 0.29) is 4.87 Å². The zero-order valence-electron chi connectivity index (χ0n) is 12.1. The summed E-state index contributed by atoms with van der Waals surface area (Å²) in [6, 6.07) is 9.99. The molecule has 0 bridgehead atoms. The molecule has 0 aliphatic rings. The van der Waals surface area contributed by atoms with Crippen molar-refractivity contribution in [2.75, 3.05) is 0 Å². The normalized spacial score (nSPS) is 10.7. The third kappa shape index (κ3) is 7.73. The van der Waals surface area contributed by atoms with E-state index in [4.69, 9.17) is 17.3 Å². The van der Waals surface area contributed by atoms with Gasteiger partial charge in [0.15, 0.2) is 0 Å². The smallest absolute Gasteiger partial charge is 0.0441 e. The third-order valence-corrected chi connectivity index (χ3v) is 4.05. The van der Waals surface area contributed by atoms with Crippen LogP contribution in [0.25, 0.3) is 0 Å². The van der Waals surface area contributed by atoms with Gasteiger partial charge in [0.1, 0.15) is 0 Å². The van der Waals surface area contributed by atoms with Gasteiger partial charge in [-0.3, -0.25) is 0 Å². The Morgan fingerprint density at radius 2 is 1.61 bits per heavy atom. The Bertz CT molecular complexity index is 280. The molecule has 0 aromatic heterocycles. The second-order valence-electron chi connectivity index (χ2n) is 4.65. The van der Waals surface area contributed by atoms with Crippen LogP contribution in [0.2, 0.25) is 0 Å². The number of alkyl halides is 1. The second-order valence-corrected chi connectivity index (χ2v) is 5.45. The van der Waals surface area contributed by atoms with E-state index in [0.717, 1.165) is 12.8 Å². The first-order valence-electron chi connectivity index (χ1n) is 7.04. The van der Waals surface area contributed by atoms with Gasteiger partial charge >= 0.3 is 0 Å². The molecule has 0 unspecified atom stereocenters. The van der Waals surface area contributed by atoms with Crippen LogP contribution in [0.15, 0.2) is 30.3 Å². The van der Waals surface area contributed by atoms with E-state index in [1.807, 2.05) is 30.3 Å². The fourth-order valence-corrected chi connectivity index (χ4v) is 1.84. The summed E-state index contributed by atoms with van der Waals surface area (Å²) in [5, 5.41) is 0. The number of hydrogen-bond donors (Lipinski definition) is 1. The fourth-order valence-electron chi connectivity index (χ4n) is 1.71. The highest BCUT2D eigenvalue weighted by molar-refractivity contribution is 6.23. The summed E-state index contributed by atoms with van der Waals surface area (Å²) in [4.78, 5) is 0.107. The van der Waals surface area contributed by atoms with Crippen LogP contribution in [0.1, 0.15) is 58.4 Å². The van der Waals surface area contributed by atoms with Crippen molar-refractivity contribution in [2.45, 2.75) is 64.3 Å². The summed E-state index contributed by atoms with van der Waals surface area (Å²) < 4.78 is 0. The van der Waals surface area contributed by atoms with Gasteiger partial charge in [0.25, 0.3) is 0 Å². The van der Waals surface area contributed by atoms with Crippen LogP contribution in [0.4, 0.5) is 0 Å². The van der Waals surface area contributed by atoms with Crippen LogP contribution >= 0.6 is 11.6 Å². The van der Waals surface area contributed by atoms with Gasteiger partial charge in [0.05, 0.1) is 0 Å². The SMILES string of the molecule is CCCCC(Cl)(CC)CC.NCc1ccccc1. The lowest BCUT2D eigenvalue weighted by atomic mass is 9.96. The average molecular weight is 270 g/mol. The van der Waals surface area contributed by atoms with E-state index in [2.05, 4.69) is 20.8 Å². The molecule has 0 atom stereocenters. The number of unbranched alkanes of at least 4 members (excludes halogenated alkanes) is 1. The molecular formula is C16H28ClN. The van der Waals surface area contributed by atoms with E-state index in [1.54, 1.807) is 0 Å². The molecule has 2 N–H and O–H groups in total. The first-order chi connectivity index (χ1) is 8.61. The zero-order chi connectivity index (χ0) is 13.9. The van der Waals surface area contributed by atoms with Crippen molar-refractivity contribution < 1.29 is 0 Å². The Kier molecular flexibility index (Phi) is 10.1. The van der Waals surface area contributed by atoms with E-state index in [0.29, 0.717) is 6.54 Å². The second kappa shape index (κ2) is 10.4. The predicted molar refractivity (Wildman–Crippen MR) is 83.0 cm³/mol. The van der Waals surface area contributed by atoms with Crippen molar-refractivity contribution >= 4 is 11.6 Å². The van der Waals surface area contributed by atoms with E-state index in [9.17, 15) is 0 Å². The molecule has 2 heteroatoms. The number of benzene rings is 1. The minimum atomic E-state index is 0.107. The largest absolute Gasteiger partial charge is 0.326 e. The highest BCUT2D eigenvalue weighted by Crippen LogP contribution is 2.29. The molecule has 0 radical (unpaired) electrons. The third-order valence-electron chi connectivity index (χ3n) is 3.32. The first-order valence-corrected chi connectivity index (χ1v) is 7.42. The summed E-state index contributed by atoms with van der Waals surface area (Å²) in [6.45, 7) is 7.20. The highest BCUT2D eigenvalue weighted by atomic mass is 35.5. The molecule has 0 spiro atoms. The lowest BCUT2D eigenvalue weighted by Crippen LogP contribution is -2.18. The molecule has 18 heavy (non-hydrogen) atoms. The Morgan fingerprint density at radius 3 is 1.94 bits per heavy atom. The van der Waals surface area contributed by atoms with Crippen molar-refractivity contribution in [3.63, 3.8) is 0 Å². The van der Waals surface area contributed by atoms with Gasteiger partial charge in [0, 0.05) is 11.4 Å². The summed E-state index contributed by atoms with van der Waals surface area (Å²) in [7, 11) is 0. The molecule has 0 amide bonds. The standard InChI is InChI=1S/C9H19Cl.C7H9N/c1-4-7-8-9(10,5-2)6-3;8-6-7-4-2-1-3-5-7/h4-8H2,1-3H3;1-5H,6,8H2. The molecule has 0 aliphatic carbocycles. The lowest BCUT2D eigenvalue weighted by Gasteiger charge is -2.23. The van der Waals surface area contributed by atoms with Crippen LogP contribution in [-0.2, 0) is 6.54 Å². The monoisotopic (exact) mass is 269 g/mol. The summed E-state index contributed by atoms with van der Waals surface area (Å²) in [6.07, 6.45) is 5.91. The van der Waals surface area contributed by atoms with Crippen molar-refractivity contribution in [2.24, 2.45) is 5.73 Å². The van der Waals surface area contributed by atoms with E-state index >= 15 is 0 Å². The summed E-state index contributed by atoms with van der Waals surface area (Å²) >= 11 is 6.29. The molecule has 0 aliphatic heterocycles. The van der Waals surface area contributed by atoms with Crippen LogP contribution in [-0.4, -0.2) is 4.87 Å². The zero-order valence-corrected chi connectivity index (χ0v) is 12.8. The Labute approximate surface area is 118 Å². The Hall–Kier alpha value is -0.530. The van der Waals surface area contributed by atoms with Gasteiger partial charge in [-0.2, -0.15) is 0 Å². The Balaban J connectivity index is 0.000000327. The average Bonchev–Trinajstić information content (AvgIpc) is 2.46. The minimum Gasteiger partial charge on any atom is -0.326 e. The van der Waals surface area contributed by atoms with E-state index < -0.39 is 0 Å². The number of nitrogens with two attached hydrogens (primary N) is 1. The molecule has 1 rings (SSSR count). The molecule has 1 aromatic rings. The molecule has 0 saturated carbocycles. The number of rotatable bonds is 6. The maximum absolute atomic E-state index is 6.29. The molecule has 0 saturated heterocycles. The van der Waals surface area contributed by atoms with Crippen molar-refractivity contribution in [1.29, 1.82) is 0 Å². The number of hydrogen-bond acceptors (Lipinski definition) is 1. The van der Waals surface area contributed by atoms with E-state index in [1.165, 1.54) is 24.8 Å². The van der Waals surface area contributed by atoms with Crippen LogP contribution < -0.4 is 5.73 Å². The topological polar surface area (TPSA) is 26.0 Å². The Morgan fingerprint density at radius 1 is 1.06 bits per heavy atom. The quantitative estimate of drug-likeness (QED) is 0.713. The van der Waals surface area contributed by atoms with Crippen LogP contribution in [0.3, 0.4) is 0 Å². The van der Waals surface area contributed by atoms with Gasteiger partial charge in [-0.15, -0.1) is 11.6 Å². The van der Waals surface area contributed by atoms with Gasteiger partial charge in [-0.25, -0.2) is 0 Å². The van der Waals surface area contributed by atoms with Gasteiger partial charge < -0.3 is 5.73 Å². The van der Waals surface area contributed by atoms with Gasteiger partial charge in [0.2, 0.25) is 0 Å². The summed E-state index contributed by atoms with van der Waals surface area (Å²) in [5.74, 6) is 0. The van der Waals surface area contributed by atoms with Gasteiger partial charge in [-0.05, 0) is 24.8 Å². The molecule has 104 valence electrons. The fraction of sp³-hybridized carbons (Fsp3) is 0.625. The highest BCUT2D eigenvalue weighted by Gasteiger charge is 2.20. The molecule has 0 fully saturated rings. The minimum absolute atomic E-state index is 0.107. The van der Waals surface area contributed by atoms with Crippen molar-refractivity contribution in [3.05, 3.63) is 35.9 Å². The summed E-state index contributed by atoms with van der Waals surface area (Å²) in [5.41, 5.74) is 6.54. The first kappa shape index (κ1) is 17.5. The molecule has 1 nitrogen and oxygen atoms in total. The van der Waals surface area contributed by atoms with Crippen LogP contribution in [0, 0.1) is 0 Å². The maximum atomic E-state index is 6.29. The molecule has 0 heterocycles. The predicted octanol–water partition coefficient (Wildman–Crippen LogP) is 5.12. The maximum Gasteiger partial charge on any atom is 0.0441 e. The molecule has 1 aromatic carbocycles. The van der Waals surface area contributed by atoms with Crippen LogP contribution in [0.5, 0.6) is 0 Å². The lowest BCUT2D eigenvalue weighted by molar-refractivity contribution is 0.476.